The van der Waals surface area contributed by atoms with Crippen molar-refractivity contribution in [1.82, 2.24) is 9.97 Å². The molecule has 0 spiro atoms. The molecule has 8 nitrogen and oxygen atoms in total. The lowest BCUT2D eigenvalue weighted by atomic mass is 9.84. The zero-order chi connectivity index (χ0) is 21.9. The van der Waals surface area contributed by atoms with E-state index in [4.69, 9.17) is 10.5 Å². The molecule has 1 aromatic heterocycles. The second kappa shape index (κ2) is 8.11. The van der Waals surface area contributed by atoms with Crippen LogP contribution in [-0.2, 0) is 20.2 Å². The second-order valence-corrected chi connectivity index (χ2v) is 8.82. The lowest BCUT2D eigenvalue weighted by Crippen LogP contribution is -2.35. The summed E-state index contributed by atoms with van der Waals surface area (Å²) in [4.78, 5) is 19.8. The Bertz CT molecular complexity index is 1160. The first-order valence-electron chi connectivity index (χ1n) is 9.03. The van der Waals surface area contributed by atoms with E-state index in [1.54, 1.807) is 51.3 Å². The lowest BCUT2D eigenvalue weighted by Gasteiger charge is -2.21. The molecule has 1 amide bonds. The number of benzene rings is 2. The number of sulfonamides is 1. The summed E-state index contributed by atoms with van der Waals surface area (Å²) in [6, 6.07) is 14.8. The average molecular weight is 426 g/mol. The molecule has 0 aliphatic heterocycles. The fourth-order valence-electron chi connectivity index (χ4n) is 2.72. The summed E-state index contributed by atoms with van der Waals surface area (Å²) in [5, 5.41) is 0. The third-order valence-corrected chi connectivity index (χ3v) is 6.16. The number of methoxy groups -OCH3 is 1. The van der Waals surface area contributed by atoms with Gasteiger partial charge >= 0.3 is 0 Å². The van der Waals surface area contributed by atoms with Crippen LogP contribution in [0.4, 0.5) is 5.82 Å². The summed E-state index contributed by atoms with van der Waals surface area (Å²) >= 11 is 0. The molecule has 0 atom stereocenters. The van der Waals surface area contributed by atoms with Crippen LogP contribution in [0.2, 0.25) is 0 Å². The molecule has 0 saturated carbocycles. The van der Waals surface area contributed by atoms with Crippen LogP contribution in [0.5, 0.6) is 5.75 Å². The van der Waals surface area contributed by atoms with E-state index < -0.39 is 21.3 Å². The largest absolute Gasteiger partial charge is 0.497 e. The highest BCUT2D eigenvalue weighted by Gasteiger charge is 2.27. The van der Waals surface area contributed by atoms with Crippen LogP contribution in [0.1, 0.15) is 19.4 Å². The van der Waals surface area contributed by atoms with E-state index in [9.17, 15) is 13.2 Å². The maximum Gasteiger partial charge on any atom is 0.263 e. The first kappa shape index (κ1) is 21.3. The van der Waals surface area contributed by atoms with Crippen LogP contribution in [0.3, 0.4) is 0 Å². The maximum atomic E-state index is 12.7. The molecule has 3 aromatic rings. The topological polar surface area (TPSA) is 124 Å². The molecule has 3 N–H and O–H groups in total. The van der Waals surface area contributed by atoms with Gasteiger partial charge in [-0.3, -0.25) is 9.52 Å². The molecule has 30 heavy (non-hydrogen) atoms. The minimum absolute atomic E-state index is 0.0381. The summed E-state index contributed by atoms with van der Waals surface area (Å²) in [5.74, 6) is 0.345. The van der Waals surface area contributed by atoms with Gasteiger partial charge < -0.3 is 10.5 Å². The SMILES string of the molecule is COc1ccc(-c2cc(NS(=O)(=O)c3ccc(C(C)(C)C(N)=O)cc3)ncn2)cc1. The Labute approximate surface area is 175 Å². The Morgan fingerprint density at radius 3 is 2.23 bits per heavy atom. The molecule has 3 rings (SSSR count). The summed E-state index contributed by atoms with van der Waals surface area (Å²) in [6.07, 6.45) is 1.29. The zero-order valence-corrected chi connectivity index (χ0v) is 17.6. The van der Waals surface area contributed by atoms with Crippen LogP contribution in [0.25, 0.3) is 11.3 Å². The molecule has 0 aliphatic rings. The van der Waals surface area contributed by atoms with Crippen molar-refractivity contribution in [2.45, 2.75) is 24.2 Å². The van der Waals surface area contributed by atoms with Crippen molar-refractivity contribution >= 4 is 21.7 Å². The fraction of sp³-hybridized carbons (Fsp3) is 0.190. The Morgan fingerprint density at radius 1 is 1.03 bits per heavy atom. The highest BCUT2D eigenvalue weighted by atomic mass is 32.2. The van der Waals surface area contributed by atoms with E-state index in [1.807, 2.05) is 12.1 Å². The number of amides is 1. The minimum atomic E-state index is -3.88. The average Bonchev–Trinajstić information content (AvgIpc) is 2.73. The number of ether oxygens (including phenoxy) is 1. The van der Waals surface area contributed by atoms with Crippen LogP contribution in [0, 0.1) is 0 Å². The smallest absolute Gasteiger partial charge is 0.263 e. The predicted molar refractivity (Wildman–Crippen MR) is 113 cm³/mol. The first-order chi connectivity index (χ1) is 14.1. The normalized spacial score (nSPS) is 11.7. The van der Waals surface area contributed by atoms with Crippen molar-refractivity contribution in [2.24, 2.45) is 5.73 Å². The highest BCUT2D eigenvalue weighted by molar-refractivity contribution is 7.92. The summed E-state index contributed by atoms with van der Waals surface area (Å²) in [7, 11) is -2.30. The Morgan fingerprint density at radius 2 is 1.67 bits per heavy atom. The minimum Gasteiger partial charge on any atom is -0.497 e. The van der Waals surface area contributed by atoms with E-state index in [-0.39, 0.29) is 10.7 Å². The lowest BCUT2D eigenvalue weighted by molar-refractivity contribution is -0.122. The number of nitrogens with zero attached hydrogens (tertiary/aromatic N) is 2. The van der Waals surface area contributed by atoms with Gasteiger partial charge in [-0.1, -0.05) is 12.1 Å². The molecular formula is C21H22N4O4S. The molecule has 2 aromatic carbocycles. The number of anilines is 1. The van der Waals surface area contributed by atoms with Gasteiger partial charge in [-0.2, -0.15) is 0 Å². The van der Waals surface area contributed by atoms with Crippen molar-refractivity contribution in [3.63, 3.8) is 0 Å². The molecule has 0 radical (unpaired) electrons. The quantitative estimate of drug-likeness (QED) is 0.599. The number of carbonyl (C=O) groups excluding carboxylic acids is 1. The van der Waals surface area contributed by atoms with E-state index >= 15 is 0 Å². The van der Waals surface area contributed by atoms with Crippen LogP contribution < -0.4 is 15.2 Å². The van der Waals surface area contributed by atoms with Gasteiger partial charge in [0.1, 0.15) is 17.9 Å². The number of hydrogen-bond acceptors (Lipinski definition) is 6. The number of aromatic nitrogens is 2. The Balaban J connectivity index is 1.84. The molecule has 9 heteroatoms. The van der Waals surface area contributed by atoms with Crippen molar-refractivity contribution in [3.05, 3.63) is 66.5 Å². The number of nitrogens with two attached hydrogens (primary N) is 1. The molecule has 0 saturated heterocycles. The van der Waals surface area contributed by atoms with Crippen molar-refractivity contribution in [3.8, 4) is 17.0 Å². The molecule has 1 heterocycles. The summed E-state index contributed by atoms with van der Waals surface area (Å²) < 4.78 is 33.1. The van der Waals surface area contributed by atoms with E-state index in [2.05, 4.69) is 14.7 Å². The van der Waals surface area contributed by atoms with E-state index in [1.165, 1.54) is 18.5 Å². The predicted octanol–water partition coefficient (Wildman–Crippen LogP) is 2.72. The van der Waals surface area contributed by atoms with Gasteiger partial charge in [0.05, 0.1) is 23.1 Å². The van der Waals surface area contributed by atoms with Crippen LogP contribution in [0.15, 0.2) is 65.8 Å². The van der Waals surface area contributed by atoms with Crippen LogP contribution >= 0.6 is 0 Å². The number of nitrogens with one attached hydrogen (secondary N) is 1. The monoisotopic (exact) mass is 426 g/mol. The molecule has 0 bridgehead atoms. The number of carbonyl (C=O) groups is 1. The Kier molecular flexibility index (Phi) is 5.75. The van der Waals surface area contributed by atoms with Gasteiger partial charge in [0, 0.05) is 11.6 Å². The van der Waals surface area contributed by atoms with Crippen molar-refractivity contribution in [1.29, 1.82) is 0 Å². The van der Waals surface area contributed by atoms with Gasteiger partial charge in [-0.15, -0.1) is 0 Å². The number of hydrogen-bond donors (Lipinski definition) is 2. The zero-order valence-electron chi connectivity index (χ0n) is 16.8. The third-order valence-electron chi connectivity index (χ3n) is 4.79. The molecule has 156 valence electrons. The van der Waals surface area contributed by atoms with Crippen molar-refractivity contribution in [2.75, 3.05) is 11.8 Å². The molecule has 0 aliphatic carbocycles. The first-order valence-corrected chi connectivity index (χ1v) is 10.5. The van der Waals surface area contributed by atoms with Gasteiger partial charge in [0.2, 0.25) is 5.91 Å². The number of primary amides is 1. The molecule has 0 fully saturated rings. The molecule has 0 unspecified atom stereocenters. The summed E-state index contributed by atoms with van der Waals surface area (Å²) in [5.41, 5.74) is 6.48. The maximum absolute atomic E-state index is 12.7. The summed E-state index contributed by atoms with van der Waals surface area (Å²) in [6.45, 7) is 3.36. The molecular weight excluding hydrogens is 404 g/mol. The highest BCUT2D eigenvalue weighted by Crippen LogP contribution is 2.26. The van der Waals surface area contributed by atoms with Gasteiger partial charge in [0.15, 0.2) is 0 Å². The van der Waals surface area contributed by atoms with Gasteiger partial charge in [0.25, 0.3) is 10.0 Å². The van der Waals surface area contributed by atoms with E-state index in [0.717, 1.165) is 5.56 Å². The number of rotatable bonds is 7. The van der Waals surface area contributed by atoms with Crippen molar-refractivity contribution < 1.29 is 17.9 Å². The standard InChI is InChI=1S/C21H22N4O4S/c1-21(2,20(22)26)15-6-10-17(11-7-15)30(27,28)25-19-12-18(23-13-24-19)14-4-8-16(29-3)9-5-14/h4-13H,1-3H3,(H2,22,26)(H,23,24,25). The Hall–Kier alpha value is -3.46. The van der Waals surface area contributed by atoms with Crippen LogP contribution in [-0.4, -0.2) is 31.4 Å². The second-order valence-electron chi connectivity index (χ2n) is 7.14. The van der Waals surface area contributed by atoms with E-state index in [0.29, 0.717) is 17.0 Å². The van der Waals surface area contributed by atoms with Gasteiger partial charge in [-0.25, -0.2) is 18.4 Å². The third kappa shape index (κ3) is 4.41. The van der Waals surface area contributed by atoms with Gasteiger partial charge in [-0.05, 0) is 55.8 Å². The fourth-order valence-corrected chi connectivity index (χ4v) is 3.72.